The van der Waals surface area contributed by atoms with Gasteiger partial charge in [0, 0.05) is 31.9 Å². The SMILES string of the molecule is Cc1cccc(N2CCN(c3ccc(NC(=O)Cc4ccccc4)nn3)CC2)c1. The fourth-order valence-corrected chi connectivity index (χ4v) is 3.55. The molecule has 4 rings (SSSR count). The third-order valence-corrected chi connectivity index (χ3v) is 5.10. The molecule has 1 aliphatic rings. The van der Waals surface area contributed by atoms with E-state index in [0.29, 0.717) is 12.2 Å². The van der Waals surface area contributed by atoms with Gasteiger partial charge in [-0.05, 0) is 42.3 Å². The third-order valence-electron chi connectivity index (χ3n) is 5.10. The minimum Gasteiger partial charge on any atom is -0.368 e. The number of nitrogens with zero attached hydrogens (tertiary/aromatic N) is 4. The monoisotopic (exact) mass is 387 g/mol. The van der Waals surface area contributed by atoms with Crippen LogP contribution < -0.4 is 15.1 Å². The van der Waals surface area contributed by atoms with Gasteiger partial charge in [-0.1, -0.05) is 42.5 Å². The Morgan fingerprint density at radius 1 is 0.897 bits per heavy atom. The highest BCUT2D eigenvalue weighted by atomic mass is 16.1. The summed E-state index contributed by atoms with van der Waals surface area (Å²) in [4.78, 5) is 16.8. The number of piperazine rings is 1. The number of hydrogen-bond acceptors (Lipinski definition) is 5. The maximum Gasteiger partial charge on any atom is 0.229 e. The Bertz CT molecular complexity index is 951. The highest BCUT2D eigenvalue weighted by Crippen LogP contribution is 2.20. The van der Waals surface area contributed by atoms with Crippen LogP contribution in [0.1, 0.15) is 11.1 Å². The molecule has 1 saturated heterocycles. The number of anilines is 3. The van der Waals surface area contributed by atoms with E-state index in [4.69, 9.17) is 0 Å². The number of carbonyl (C=O) groups is 1. The molecule has 0 unspecified atom stereocenters. The van der Waals surface area contributed by atoms with E-state index in [-0.39, 0.29) is 5.91 Å². The summed E-state index contributed by atoms with van der Waals surface area (Å²) >= 11 is 0. The Hall–Kier alpha value is -3.41. The van der Waals surface area contributed by atoms with Crippen molar-refractivity contribution in [3.8, 4) is 0 Å². The van der Waals surface area contributed by atoms with E-state index in [2.05, 4.69) is 56.5 Å². The molecule has 29 heavy (non-hydrogen) atoms. The number of rotatable bonds is 5. The van der Waals surface area contributed by atoms with Gasteiger partial charge in [-0.3, -0.25) is 4.79 Å². The highest BCUT2D eigenvalue weighted by molar-refractivity contribution is 5.91. The molecule has 3 aromatic rings. The molecule has 2 heterocycles. The molecule has 0 atom stereocenters. The van der Waals surface area contributed by atoms with Crippen molar-refractivity contribution in [1.29, 1.82) is 0 Å². The van der Waals surface area contributed by atoms with Crippen molar-refractivity contribution in [2.75, 3.05) is 41.3 Å². The molecule has 1 aliphatic heterocycles. The number of carbonyl (C=O) groups excluding carboxylic acids is 1. The van der Waals surface area contributed by atoms with Gasteiger partial charge in [-0.2, -0.15) is 0 Å². The zero-order valence-electron chi connectivity index (χ0n) is 16.6. The molecular formula is C23H25N5O. The van der Waals surface area contributed by atoms with Crippen LogP contribution in [0.5, 0.6) is 0 Å². The molecular weight excluding hydrogens is 362 g/mol. The molecule has 0 radical (unpaired) electrons. The Labute approximate surface area is 171 Å². The Morgan fingerprint density at radius 3 is 2.34 bits per heavy atom. The maximum atomic E-state index is 12.2. The molecule has 1 N–H and O–H groups in total. The fourth-order valence-electron chi connectivity index (χ4n) is 3.55. The van der Waals surface area contributed by atoms with Crippen LogP contribution in [0.25, 0.3) is 0 Å². The minimum absolute atomic E-state index is 0.0926. The highest BCUT2D eigenvalue weighted by Gasteiger charge is 2.19. The van der Waals surface area contributed by atoms with Gasteiger partial charge < -0.3 is 15.1 Å². The van der Waals surface area contributed by atoms with Crippen molar-refractivity contribution in [3.05, 3.63) is 77.9 Å². The van der Waals surface area contributed by atoms with Crippen LogP contribution >= 0.6 is 0 Å². The molecule has 0 aliphatic carbocycles. The predicted octanol–water partition coefficient (Wildman–Crippen LogP) is 3.29. The average Bonchev–Trinajstić information content (AvgIpc) is 2.75. The van der Waals surface area contributed by atoms with Gasteiger partial charge in [0.1, 0.15) is 0 Å². The Morgan fingerprint density at radius 2 is 1.66 bits per heavy atom. The van der Waals surface area contributed by atoms with Crippen molar-refractivity contribution in [2.24, 2.45) is 0 Å². The molecule has 0 spiro atoms. The zero-order chi connectivity index (χ0) is 20.1. The van der Waals surface area contributed by atoms with E-state index in [1.165, 1.54) is 11.3 Å². The van der Waals surface area contributed by atoms with Crippen LogP contribution in [0, 0.1) is 6.92 Å². The summed E-state index contributed by atoms with van der Waals surface area (Å²) in [7, 11) is 0. The molecule has 1 fully saturated rings. The number of benzene rings is 2. The van der Waals surface area contributed by atoms with E-state index in [1.807, 2.05) is 42.5 Å². The number of hydrogen-bond donors (Lipinski definition) is 1. The van der Waals surface area contributed by atoms with Gasteiger partial charge in [0.15, 0.2) is 11.6 Å². The number of nitrogens with one attached hydrogen (secondary N) is 1. The average molecular weight is 387 g/mol. The van der Waals surface area contributed by atoms with Crippen LogP contribution in [0.15, 0.2) is 66.7 Å². The molecule has 2 aromatic carbocycles. The summed E-state index contributed by atoms with van der Waals surface area (Å²) < 4.78 is 0. The summed E-state index contributed by atoms with van der Waals surface area (Å²) in [5, 5.41) is 11.3. The molecule has 0 bridgehead atoms. The number of aromatic nitrogens is 2. The molecule has 0 saturated carbocycles. The fraction of sp³-hybridized carbons (Fsp3) is 0.261. The summed E-state index contributed by atoms with van der Waals surface area (Å²) in [6, 6.07) is 22.0. The second-order valence-electron chi connectivity index (χ2n) is 7.30. The standard InChI is InChI=1S/C23H25N5O/c1-18-6-5-9-20(16-18)27-12-14-28(15-13-27)22-11-10-21(25-26-22)24-23(29)17-19-7-3-2-4-8-19/h2-11,16H,12-15,17H2,1H3,(H,24,25,29). The third kappa shape index (κ3) is 4.90. The van der Waals surface area contributed by atoms with Crippen LogP contribution in [-0.2, 0) is 11.2 Å². The lowest BCUT2D eigenvalue weighted by atomic mass is 10.1. The smallest absolute Gasteiger partial charge is 0.229 e. The topological polar surface area (TPSA) is 61.4 Å². The summed E-state index contributed by atoms with van der Waals surface area (Å²) in [6.07, 6.45) is 0.325. The molecule has 6 nitrogen and oxygen atoms in total. The van der Waals surface area contributed by atoms with E-state index in [1.54, 1.807) is 0 Å². The molecule has 6 heteroatoms. The molecule has 148 valence electrons. The van der Waals surface area contributed by atoms with E-state index < -0.39 is 0 Å². The Balaban J connectivity index is 1.31. The van der Waals surface area contributed by atoms with Gasteiger partial charge >= 0.3 is 0 Å². The first-order valence-corrected chi connectivity index (χ1v) is 9.91. The quantitative estimate of drug-likeness (QED) is 0.728. The first kappa shape index (κ1) is 18.9. The molecule has 1 aromatic heterocycles. The summed E-state index contributed by atoms with van der Waals surface area (Å²) in [5.41, 5.74) is 3.52. The lowest BCUT2D eigenvalue weighted by Crippen LogP contribution is -2.46. The van der Waals surface area contributed by atoms with Crippen LogP contribution in [-0.4, -0.2) is 42.3 Å². The van der Waals surface area contributed by atoms with Crippen LogP contribution in [0.4, 0.5) is 17.3 Å². The van der Waals surface area contributed by atoms with Crippen molar-refractivity contribution in [3.63, 3.8) is 0 Å². The lowest BCUT2D eigenvalue weighted by Gasteiger charge is -2.36. The van der Waals surface area contributed by atoms with Gasteiger partial charge in [0.2, 0.25) is 5.91 Å². The van der Waals surface area contributed by atoms with Gasteiger partial charge in [0.25, 0.3) is 0 Å². The maximum absolute atomic E-state index is 12.2. The lowest BCUT2D eigenvalue weighted by molar-refractivity contribution is -0.115. The predicted molar refractivity (Wildman–Crippen MR) is 116 cm³/mol. The second kappa shape index (κ2) is 8.73. The van der Waals surface area contributed by atoms with E-state index in [9.17, 15) is 4.79 Å². The van der Waals surface area contributed by atoms with Gasteiger partial charge in [0.05, 0.1) is 6.42 Å². The number of amides is 1. The van der Waals surface area contributed by atoms with Gasteiger partial charge in [-0.25, -0.2) is 0 Å². The first-order chi connectivity index (χ1) is 14.2. The van der Waals surface area contributed by atoms with Crippen LogP contribution in [0.3, 0.4) is 0 Å². The summed E-state index contributed by atoms with van der Waals surface area (Å²) in [5.74, 6) is 1.23. The normalized spacial score (nSPS) is 14.0. The van der Waals surface area contributed by atoms with Crippen LogP contribution in [0.2, 0.25) is 0 Å². The summed E-state index contributed by atoms with van der Waals surface area (Å²) in [6.45, 7) is 5.79. The van der Waals surface area contributed by atoms with E-state index in [0.717, 1.165) is 37.6 Å². The molecule has 1 amide bonds. The largest absolute Gasteiger partial charge is 0.368 e. The van der Waals surface area contributed by atoms with Crippen molar-refractivity contribution < 1.29 is 4.79 Å². The second-order valence-corrected chi connectivity index (χ2v) is 7.30. The van der Waals surface area contributed by atoms with E-state index >= 15 is 0 Å². The zero-order valence-corrected chi connectivity index (χ0v) is 16.6. The van der Waals surface area contributed by atoms with Crippen molar-refractivity contribution in [2.45, 2.75) is 13.3 Å². The Kier molecular flexibility index (Phi) is 5.70. The minimum atomic E-state index is -0.0926. The first-order valence-electron chi connectivity index (χ1n) is 9.91. The van der Waals surface area contributed by atoms with Gasteiger partial charge in [-0.15, -0.1) is 10.2 Å². The number of aryl methyl sites for hydroxylation is 1. The van der Waals surface area contributed by atoms with Crippen molar-refractivity contribution >= 4 is 23.2 Å². The van der Waals surface area contributed by atoms with Crippen molar-refractivity contribution in [1.82, 2.24) is 10.2 Å².